The Kier molecular flexibility index (Phi) is 3.30. The van der Waals surface area contributed by atoms with Gasteiger partial charge in [-0.3, -0.25) is 5.32 Å². The summed E-state index contributed by atoms with van der Waals surface area (Å²) in [6.45, 7) is 5.87. The van der Waals surface area contributed by atoms with Crippen molar-refractivity contribution >= 4 is 15.5 Å². The van der Waals surface area contributed by atoms with Crippen molar-refractivity contribution in [1.82, 2.24) is 5.32 Å². The SMILES string of the molecule is C=CS(=O)(=O)c1ccc([N]CC)cc1. The molecule has 1 aromatic rings. The number of rotatable bonds is 4. The Labute approximate surface area is 84.4 Å². The Balaban J connectivity index is 3.00. The molecule has 0 aliphatic rings. The second-order valence-corrected chi connectivity index (χ2v) is 4.57. The first-order chi connectivity index (χ1) is 6.60. The quantitative estimate of drug-likeness (QED) is 0.761. The van der Waals surface area contributed by atoms with Gasteiger partial charge in [0, 0.05) is 12.0 Å². The van der Waals surface area contributed by atoms with E-state index in [0.29, 0.717) is 6.54 Å². The van der Waals surface area contributed by atoms with Gasteiger partial charge in [0.1, 0.15) is 0 Å². The summed E-state index contributed by atoms with van der Waals surface area (Å²) in [5.41, 5.74) is 0.788. The third kappa shape index (κ3) is 2.35. The van der Waals surface area contributed by atoms with Crippen LogP contribution in [-0.4, -0.2) is 15.0 Å². The molecule has 0 saturated carbocycles. The Morgan fingerprint density at radius 2 is 1.93 bits per heavy atom. The molecule has 0 aliphatic carbocycles. The van der Waals surface area contributed by atoms with Crippen LogP contribution in [0.1, 0.15) is 6.92 Å². The van der Waals surface area contributed by atoms with Gasteiger partial charge in [-0.05, 0) is 31.2 Å². The fraction of sp³-hybridized carbons (Fsp3) is 0.200. The number of hydrogen-bond donors (Lipinski definition) is 0. The molecule has 0 atom stereocenters. The molecular formula is C10H12NO2S. The lowest BCUT2D eigenvalue weighted by atomic mass is 10.3. The lowest BCUT2D eigenvalue weighted by Gasteiger charge is -2.01. The van der Waals surface area contributed by atoms with Gasteiger partial charge in [0.05, 0.1) is 10.6 Å². The number of sulfone groups is 1. The van der Waals surface area contributed by atoms with Crippen LogP contribution in [0.15, 0.2) is 41.1 Å². The van der Waals surface area contributed by atoms with Gasteiger partial charge >= 0.3 is 0 Å². The van der Waals surface area contributed by atoms with E-state index in [-0.39, 0.29) is 4.90 Å². The van der Waals surface area contributed by atoms with Crippen molar-refractivity contribution in [3.8, 4) is 0 Å². The zero-order valence-electron chi connectivity index (χ0n) is 7.97. The van der Waals surface area contributed by atoms with Crippen molar-refractivity contribution in [1.29, 1.82) is 0 Å². The van der Waals surface area contributed by atoms with Gasteiger partial charge < -0.3 is 0 Å². The molecule has 0 aromatic heterocycles. The average Bonchev–Trinajstić information content (AvgIpc) is 2.19. The zero-order chi connectivity index (χ0) is 10.6. The summed E-state index contributed by atoms with van der Waals surface area (Å²) in [5, 5.41) is 5.08. The fourth-order valence-electron chi connectivity index (χ4n) is 1.02. The highest BCUT2D eigenvalue weighted by atomic mass is 32.2. The highest BCUT2D eigenvalue weighted by molar-refractivity contribution is 7.94. The Morgan fingerprint density at radius 3 is 2.36 bits per heavy atom. The van der Waals surface area contributed by atoms with E-state index < -0.39 is 9.84 Å². The van der Waals surface area contributed by atoms with E-state index >= 15 is 0 Å². The molecule has 0 heterocycles. The van der Waals surface area contributed by atoms with Gasteiger partial charge in [-0.15, -0.1) is 0 Å². The molecule has 75 valence electrons. The van der Waals surface area contributed by atoms with Crippen LogP contribution in [0.25, 0.3) is 0 Å². The summed E-state index contributed by atoms with van der Waals surface area (Å²) < 4.78 is 22.6. The van der Waals surface area contributed by atoms with Gasteiger partial charge in [-0.2, -0.15) is 0 Å². The topological polar surface area (TPSA) is 48.2 Å². The van der Waals surface area contributed by atoms with E-state index in [4.69, 9.17) is 0 Å². The van der Waals surface area contributed by atoms with Crippen molar-refractivity contribution in [3.63, 3.8) is 0 Å². The minimum absolute atomic E-state index is 0.252. The smallest absolute Gasteiger partial charge is 0.199 e. The molecule has 14 heavy (non-hydrogen) atoms. The molecule has 4 heteroatoms. The molecule has 0 fully saturated rings. The first kappa shape index (κ1) is 10.8. The van der Waals surface area contributed by atoms with Crippen molar-refractivity contribution in [2.45, 2.75) is 11.8 Å². The van der Waals surface area contributed by atoms with Crippen LogP contribution < -0.4 is 5.32 Å². The molecule has 0 unspecified atom stereocenters. The van der Waals surface area contributed by atoms with Crippen LogP contribution >= 0.6 is 0 Å². The molecule has 1 rings (SSSR count). The molecule has 0 saturated heterocycles. The summed E-state index contributed by atoms with van der Waals surface area (Å²) in [6.07, 6.45) is 0. The predicted molar refractivity (Wildman–Crippen MR) is 56.2 cm³/mol. The van der Waals surface area contributed by atoms with Gasteiger partial charge in [-0.1, -0.05) is 6.58 Å². The maximum Gasteiger partial charge on any atom is 0.199 e. The maximum absolute atomic E-state index is 11.3. The van der Waals surface area contributed by atoms with E-state index in [1.54, 1.807) is 12.1 Å². The largest absolute Gasteiger partial charge is 0.286 e. The first-order valence-electron chi connectivity index (χ1n) is 4.25. The lowest BCUT2D eigenvalue weighted by Crippen LogP contribution is -1.97. The van der Waals surface area contributed by atoms with Crippen molar-refractivity contribution in [2.24, 2.45) is 0 Å². The Bertz CT molecular complexity index is 406. The highest BCUT2D eigenvalue weighted by Gasteiger charge is 2.08. The van der Waals surface area contributed by atoms with Crippen molar-refractivity contribution in [3.05, 3.63) is 36.3 Å². The molecule has 0 bridgehead atoms. The first-order valence-corrected chi connectivity index (χ1v) is 5.80. The molecule has 1 aromatic carbocycles. The monoisotopic (exact) mass is 210 g/mol. The maximum atomic E-state index is 11.3. The Morgan fingerprint density at radius 1 is 1.36 bits per heavy atom. The molecular weight excluding hydrogens is 198 g/mol. The number of hydrogen-bond acceptors (Lipinski definition) is 2. The third-order valence-electron chi connectivity index (χ3n) is 1.73. The van der Waals surface area contributed by atoms with Gasteiger partial charge in [0.25, 0.3) is 0 Å². The third-order valence-corrected chi connectivity index (χ3v) is 3.09. The lowest BCUT2D eigenvalue weighted by molar-refractivity contribution is 0.604. The van der Waals surface area contributed by atoms with E-state index in [2.05, 4.69) is 11.9 Å². The van der Waals surface area contributed by atoms with Crippen molar-refractivity contribution in [2.75, 3.05) is 6.54 Å². The normalized spacial score (nSPS) is 10.9. The summed E-state index contributed by atoms with van der Waals surface area (Å²) in [6, 6.07) is 6.43. The number of nitrogens with zero attached hydrogens (tertiary/aromatic N) is 1. The molecule has 0 aliphatic heterocycles. The molecule has 0 N–H and O–H groups in total. The van der Waals surface area contributed by atoms with Crippen LogP contribution in [-0.2, 0) is 9.84 Å². The van der Waals surface area contributed by atoms with Crippen LogP contribution in [0.3, 0.4) is 0 Å². The van der Waals surface area contributed by atoms with Crippen molar-refractivity contribution < 1.29 is 8.42 Å². The predicted octanol–water partition coefficient (Wildman–Crippen LogP) is 1.86. The van der Waals surface area contributed by atoms with Gasteiger partial charge in [-0.25, -0.2) is 8.42 Å². The van der Waals surface area contributed by atoms with E-state index in [1.807, 2.05) is 6.92 Å². The van der Waals surface area contributed by atoms with Crippen LogP contribution in [0.5, 0.6) is 0 Å². The van der Waals surface area contributed by atoms with E-state index in [1.165, 1.54) is 12.1 Å². The molecule has 1 radical (unpaired) electrons. The second-order valence-electron chi connectivity index (χ2n) is 2.68. The summed E-state index contributed by atoms with van der Waals surface area (Å²) in [5.74, 6) is 0. The highest BCUT2D eigenvalue weighted by Crippen LogP contribution is 2.15. The van der Waals surface area contributed by atoms with Gasteiger partial charge in [0.15, 0.2) is 9.84 Å². The molecule has 0 amide bonds. The van der Waals surface area contributed by atoms with Gasteiger partial charge in [0.2, 0.25) is 0 Å². The average molecular weight is 210 g/mol. The van der Waals surface area contributed by atoms with Crippen LogP contribution in [0.4, 0.5) is 5.69 Å². The van der Waals surface area contributed by atoms with E-state index in [0.717, 1.165) is 11.1 Å². The second kappa shape index (κ2) is 4.28. The summed E-state index contributed by atoms with van der Waals surface area (Å²) in [7, 11) is -3.31. The standard InChI is InChI=1S/C10H12NO2S/c1-3-11-9-5-7-10(8-6-9)14(12,13)4-2/h4-8H,2-3H2,1H3. The minimum atomic E-state index is -3.31. The van der Waals surface area contributed by atoms with Crippen LogP contribution in [0.2, 0.25) is 0 Å². The molecule has 3 nitrogen and oxygen atoms in total. The molecule has 0 spiro atoms. The Hall–Kier alpha value is -1.29. The zero-order valence-corrected chi connectivity index (χ0v) is 8.79. The fourth-order valence-corrected chi connectivity index (χ4v) is 1.73. The number of benzene rings is 1. The van der Waals surface area contributed by atoms with Crippen LogP contribution in [0, 0.1) is 0 Å². The summed E-state index contributed by atoms with van der Waals surface area (Å²) in [4.78, 5) is 0.252. The minimum Gasteiger partial charge on any atom is -0.286 e. The summed E-state index contributed by atoms with van der Waals surface area (Å²) >= 11 is 0. The van der Waals surface area contributed by atoms with E-state index in [9.17, 15) is 8.42 Å².